The van der Waals surface area contributed by atoms with E-state index >= 15 is 0 Å². The monoisotopic (exact) mass is 473 g/mol. The Morgan fingerprint density at radius 2 is 1.78 bits per heavy atom. The Hall–Kier alpha value is -3.23. The van der Waals surface area contributed by atoms with Crippen molar-refractivity contribution in [3.05, 3.63) is 94.3 Å². The molecule has 0 spiro atoms. The van der Waals surface area contributed by atoms with Gasteiger partial charge < -0.3 is 0 Å². The molecular formula is C23H21ClFN3O3S. The molecule has 32 heavy (non-hydrogen) atoms. The molecule has 3 aromatic carbocycles. The Bertz CT molecular complexity index is 1240. The molecule has 0 aliphatic carbocycles. The summed E-state index contributed by atoms with van der Waals surface area (Å²) in [5.74, 6) is -1.30. The number of nitrogens with one attached hydrogen (secondary N) is 1. The fraction of sp³-hybridized carbons (Fsp3) is 0.130. The van der Waals surface area contributed by atoms with Crippen LogP contribution < -0.4 is 9.73 Å². The summed E-state index contributed by atoms with van der Waals surface area (Å²) >= 11 is 5.93. The van der Waals surface area contributed by atoms with Crippen LogP contribution in [0.2, 0.25) is 5.02 Å². The third-order valence-corrected chi connectivity index (χ3v) is 6.90. The third kappa shape index (κ3) is 5.33. The van der Waals surface area contributed by atoms with E-state index in [-0.39, 0.29) is 15.5 Å². The highest BCUT2D eigenvalue weighted by molar-refractivity contribution is 7.92. The van der Waals surface area contributed by atoms with Crippen LogP contribution in [0.3, 0.4) is 0 Å². The molecule has 0 radical (unpaired) electrons. The number of anilines is 1. The molecule has 0 aromatic heterocycles. The van der Waals surface area contributed by atoms with E-state index in [9.17, 15) is 17.6 Å². The maximum absolute atomic E-state index is 13.8. The molecule has 9 heteroatoms. The van der Waals surface area contributed by atoms with Gasteiger partial charge in [-0.3, -0.25) is 9.10 Å². The van der Waals surface area contributed by atoms with Gasteiger partial charge in [0.05, 0.1) is 21.8 Å². The summed E-state index contributed by atoms with van der Waals surface area (Å²) in [6, 6.07) is 17.1. The maximum atomic E-state index is 13.8. The number of amides is 1. The van der Waals surface area contributed by atoms with Crippen LogP contribution in [0.15, 0.2) is 76.7 Å². The number of halogens is 2. The Morgan fingerprint density at radius 1 is 1.06 bits per heavy atom. The Kier molecular flexibility index (Phi) is 7.27. The molecule has 0 aliphatic rings. The molecule has 3 aromatic rings. The summed E-state index contributed by atoms with van der Waals surface area (Å²) in [7, 11) is -4.03. The first-order valence-electron chi connectivity index (χ1n) is 9.61. The van der Waals surface area contributed by atoms with Crippen LogP contribution in [-0.4, -0.2) is 27.1 Å². The molecule has 1 N–H and O–H groups in total. The van der Waals surface area contributed by atoms with Crippen LogP contribution in [0.25, 0.3) is 0 Å². The Balaban J connectivity index is 1.88. The normalized spacial score (nSPS) is 11.5. The van der Waals surface area contributed by atoms with E-state index in [2.05, 4.69) is 10.5 Å². The van der Waals surface area contributed by atoms with Gasteiger partial charge in [0, 0.05) is 5.56 Å². The van der Waals surface area contributed by atoms with Crippen molar-refractivity contribution in [3.8, 4) is 0 Å². The standard InChI is InChI=1S/C23H21ClFN3O3S/c1-16-11-12-18(13-17(16)2)28(32(30,31)19-7-4-3-5-8-19)15-23(29)27-26-14-20-21(24)9-6-10-22(20)25/h3-14H,15H2,1-2H3,(H,27,29)/b26-14-. The van der Waals surface area contributed by atoms with Crippen molar-refractivity contribution in [2.75, 3.05) is 10.8 Å². The van der Waals surface area contributed by atoms with Crippen LogP contribution in [0, 0.1) is 19.7 Å². The molecule has 0 aliphatic heterocycles. The van der Waals surface area contributed by atoms with Crippen LogP contribution in [-0.2, 0) is 14.8 Å². The van der Waals surface area contributed by atoms with E-state index in [4.69, 9.17) is 11.6 Å². The van der Waals surface area contributed by atoms with Crippen LogP contribution in [0.1, 0.15) is 16.7 Å². The van der Waals surface area contributed by atoms with Crippen molar-refractivity contribution in [2.24, 2.45) is 5.10 Å². The lowest BCUT2D eigenvalue weighted by molar-refractivity contribution is -0.119. The average Bonchev–Trinajstić information content (AvgIpc) is 2.76. The zero-order chi connectivity index (χ0) is 23.3. The molecule has 1 amide bonds. The van der Waals surface area contributed by atoms with Crippen molar-refractivity contribution in [2.45, 2.75) is 18.7 Å². The minimum Gasteiger partial charge on any atom is -0.271 e. The van der Waals surface area contributed by atoms with E-state index in [1.54, 1.807) is 36.4 Å². The molecule has 0 unspecified atom stereocenters. The minimum atomic E-state index is -4.03. The first-order valence-corrected chi connectivity index (χ1v) is 11.4. The van der Waals surface area contributed by atoms with Gasteiger partial charge in [-0.15, -0.1) is 0 Å². The van der Waals surface area contributed by atoms with Crippen molar-refractivity contribution in [3.63, 3.8) is 0 Å². The SMILES string of the molecule is Cc1ccc(N(CC(=O)N/N=C\c2c(F)cccc2Cl)S(=O)(=O)c2ccccc2)cc1C. The van der Waals surface area contributed by atoms with Gasteiger partial charge in [0.1, 0.15) is 12.4 Å². The molecule has 0 bridgehead atoms. The maximum Gasteiger partial charge on any atom is 0.264 e. The van der Waals surface area contributed by atoms with Gasteiger partial charge in [0.2, 0.25) is 0 Å². The number of sulfonamides is 1. The second kappa shape index (κ2) is 9.93. The van der Waals surface area contributed by atoms with E-state index in [1.165, 1.54) is 30.3 Å². The van der Waals surface area contributed by atoms with Gasteiger partial charge in [-0.05, 0) is 61.4 Å². The Morgan fingerprint density at radius 3 is 2.44 bits per heavy atom. The van der Waals surface area contributed by atoms with Crippen LogP contribution in [0.5, 0.6) is 0 Å². The average molecular weight is 474 g/mol. The highest BCUT2D eigenvalue weighted by Crippen LogP contribution is 2.25. The summed E-state index contributed by atoms with van der Waals surface area (Å²) in [4.78, 5) is 12.6. The van der Waals surface area contributed by atoms with Crippen LogP contribution in [0.4, 0.5) is 10.1 Å². The molecule has 0 saturated carbocycles. The molecule has 0 atom stereocenters. The fourth-order valence-electron chi connectivity index (χ4n) is 2.88. The van der Waals surface area contributed by atoms with Gasteiger partial charge in [-0.25, -0.2) is 18.2 Å². The molecule has 3 rings (SSSR count). The number of nitrogens with zero attached hydrogens (tertiary/aromatic N) is 2. The van der Waals surface area contributed by atoms with Gasteiger partial charge in [-0.2, -0.15) is 5.10 Å². The van der Waals surface area contributed by atoms with Crippen LogP contribution >= 0.6 is 11.6 Å². The zero-order valence-electron chi connectivity index (χ0n) is 17.4. The predicted molar refractivity (Wildman–Crippen MR) is 124 cm³/mol. The lowest BCUT2D eigenvalue weighted by Gasteiger charge is -2.24. The highest BCUT2D eigenvalue weighted by atomic mass is 35.5. The van der Waals surface area contributed by atoms with Crippen molar-refractivity contribution in [1.82, 2.24) is 5.43 Å². The van der Waals surface area contributed by atoms with Gasteiger partial charge >= 0.3 is 0 Å². The van der Waals surface area contributed by atoms with E-state index in [0.29, 0.717) is 5.69 Å². The zero-order valence-corrected chi connectivity index (χ0v) is 19.0. The topological polar surface area (TPSA) is 78.8 Å². The minimum absolute atomic E-state index is 0.0115. The summed E-state index contributed by atoms with van der Waals surface area (Å²) in [5, 5.41) is 3.86. The quantitative estimate of drug-likeness (QED) is 0.407. The Labute approximate surface area is 191 Å². The van der Waals surface area contributed by atoms with E-state index in [0.717, 1.165) is 21.6 Å². The molecule has 0 fully saturated rings. The van der Waals surface area contributed by atoms with Crippen molar-refractivity contribution in [1.29, 1.82) is 0 Å². The summed E-state index contributed by atoms with van der Waals surface area (Å²) in [6.07, 6.45) is 1.07. The lowest BCUT2D eigenvalue weighted by Crippen LogP contribution is -2.39. The van der Waals surface area contributed by atoms with Gasteiger partial charge in [0.25, 0.3) is 15.9 Å². The van der Waals surface area contributed by atoms with Crippen molar-refractivity contribution >= 4 is 39.4 Å². The second-order valence-corrected chi connectivity index (χ2v) is 9.29. The fourth-order valence-corrected chi connectivity index (χ4v) is 4.53. The van der Waals surface area contributed by atoms with Gasteiger partial charge in [0.15, 0.2) is 0 Å². The number of hydrogen-bond acceptors (Lipinski definition) is 4. The molecule has 166 valence electrons. The number of carbonyl (C=O) groups is 1. The van der Waals surface area contributed by atoms with Crippen molar-refractivity contribution < 1.29 is 17.6 Å². The number of hydrazone groups is 1. The smallest absolute Gasteiger partial charge is 0.264 e. The number of rotatable bonds is 7. The molecule has 6 nitrogen and oxygen atoms in total. The number of hydrogen-bond donors (Lipinski definition) is 1. The van der Waals surface area contributed by atoms with Gasteiger partial charge in [-0.1, -0.05) is 41.9 Å². The second-order valence-electron chi connectivity index (χ2n) is 7.02. The molecular weight excluding hydrogens is 453 g/mol. The summed E-state index contributed by atoms with van der Waals surface area (Å²) in [5.41, 5.74) is 4.45. The number of benzene rings is 3. The number of aryl methyl sites for hydroxylation is 2. The lowest BCUT2D eigenvalue weighted by atomic mass is 10.1. The molecule has 0 heterocycles. The van der Waals surface area contributed by atoms with E-state index in [1.807, 2.05) is 13.8 Å². The first kappa shape index (κ1) is 23.4. The first-order chi connectivity index (χ1) is 15.2. The third-order valence-electron chi connectivity index (χ3n) is 4.78. The largest absolute Gasteiger partial charge is 0.271 e. The molecule has 0 saturated heterocycles. The van der Waals surface area contributed by atoms with E-state index < -0.39 is 28.3 Å². The number of carbonyl (C=O) groups excluding carboxylic acids is 1. The summed E-state index contributed by atoms with van der Waals surface area (Å²) in [6.45, 7) is 3.24. The summed E-state index contributed by atoms with van der Waals surface area (Å²) < 4.78 is 41.4. The highest BCUT2D eigenvalue weighted by Gasteiger charge is 2.27. The predicted octanol–water partition coefficient (Wildman–Crippen LogP) is 4.44.